The molecule has 0 fully saturated rings. The molecule has 0 saturated heterocycles. The molecule has 0 atom stereocenters. The minimum Gasteiger partial charge on any atom is -0.457 e. The Morgan fingerprint density at radius 1 is 0.955 bits per heavy atom. The predicted octanol–water partition coefficient (Wildman–Crippen LogP) is 2.11. The first kappa shape index (κ1) is 19.4. The van der Waals surface area contributed by atoms with Crippen LogP contribution in [-0.2, 0) is 4.79 Å². The third-order valence-corrected chi connectivity index (χ3v) is 2.02. The van der Waals surface area contributed by atoms with Crippen LogP contribution in [0.2, 0.25) is 0 Å². The van der Waals surface area contributed by atoms with E-state index in [0.717, 1.165) is 17.6 Å². The molecule has 5 heteroatoms. The van der Waals surface area contributed by atoms with Crippen molar-refractivity contribution in [3.8, 4) is 11.5 Å². The van der Waals surface area contributed by atoms with E-state index < -0.39 is 5.91 Å². The Morgan fingerprint density at radius 3 is 1.50 bits per heavy atom. The van der Waals surface area contributed by atoms with Crippen LogP contribution in [0.25, 0.3) is 0 Å². The number of amides is 1. The Morgan fingerprint density at radius 2 is 1.27 bits per heavy atom. The Kier molecular flexibility index (Phi) is 11.8. The number of hydrogen-bond acceptors (Lipinski definition) is 4. The van der Waals surface area contributed by atoms with Crippen LogP contribution < -0.4 is 10.5 Å². The summed E-state index contributed by atoms with van der Waals surface area (Å²) >= 11 is 0. The zero-order chi connectivity index (χ0) is 16.6. The highest BCUT2D eigenvalue weighted by Gasteiger charge is 1.92. The average molecular weight is 303 g/mol. The number of aliphatic hydroxyl groups excluding tert-OH is 2. The van der Waals surface area contributed by atoms with Gasteiger partial charge in [0.05, 0.1) is 13.2 Å². The molecular weight excluding hydrogens is 282 g/mol. The van der Waals surface area contributed by atoms with Crippen molar-refractivity contribution in [2.45, 2.75) is 0 Å². The number of carbonyl (C=O) groups excluding carboxylic acids is 1. The molecular formula is C17H21NO4. The summed E-state index contributed by atoms with van der Waals surface area (Å²) in [4.78, 5) is 9.47. The summed E-state index contributed by atoms with van der Waals surface area (Å²) in [6.45, 7) is 2.84. The largest absolute Gasteiger partial charge is 0.457 e. The van der Waals surface area contributed by atoms with Gasteiger partial charge in [0.2, 0.25) is 5.91 Å². The van der Waals surface area contributed by atoms with Gasteiger partial charge in [-0.3, -0.25) is 4.79 Å². The summed E-state index contributed by atoms with van der Waals surface area (Å²) in [5, 5.41) is 15.2. The van der Waals surface area contributed by atoms with Crippen LogP contribution in [0.1, 0.15) is 0 Å². The van der Waals surface area contributed by atoms with Crippen LogP contribution in [0.4, 0.5) is 0 Å². The number of nitrogens with two attached hydrogens (primary N) is 1. The molecule has 2 aromatic rings. The molecule has 0 saturated carbocycles. The number of benzene rings is 2. The van der Waals surface area contributed by atoms with E-state index in [1.807, 2.05) is 60.7 Å². The number of para-hydroxylation sites is 2. The molecule has 1 amide bonds. The number of carbonyl (C=O) groups is 1. The van der Waals surface area contributed by atoms with E-state index >= 15 is 0 Å². The van der Waals surface area contributed by atoms with Gasteiger partial charge in [-0.2, -0.15) is 0 Å². The lowest BCUT2D eigenvalue weighted by atomic mass is 10.3. The molecule has 0 heterocycles. The highest BCUT2D eigenvalue weighted by molar-refractivity contribution is 5.84. The van der Waals surface area contributed by atoms with E-state index in [2.05, 4.69) is 12.3 Å². The molecule has 0 spiro atoms. The predicted molar refractivity (Wildman–Crippen MR) is 86.5 cm³/mol. The third kappa shape index (κ3) is 11.2. The van der Waals surface area contributed by atoms with Crippen LogP contribution in [0.3, 0.4) is 0 Å². The first-order valence-electron chi connectivity index (χ1n) is 6.55. The van der Waals surface area contributed by atoms with Crippen LogP contribution in [-0.4, -0.2) is 29.3 Å². The Labute approximate surface area is 130 Å². The third-order valence-electron chi connectivity index (χ3n) is 2.02. The number of primary amides is 1. The number of aliphatic hydroxyl groups is 2. The van der Waals surface area contributed by atoms with Crippen molar-refractivity contribution >= 4 is 5.91 Å². The lowest BCUT2D eigenvalue weighted by Crippen LogP contribution is -2.04. The van der Waals surface area contributed by atoms with Crippen molar-refractivity contribution < 1.29 is 19.7 Å². The molecule has 5 nitrogen and oxygen atoms in total. The normalized spacial score (nSPS) is 8.45. The Bertz CT molecular complexity index is 475. The van der Waals surface area contributed by atoms with Crippen molar-refractivity contribution in [1.82, 2.24) is 0 Å². The van der Waals surface area contributed by atoms with Crippen LogP contribution in [0.15, 0.2) is 73.3 Å². The molecule has 118 valence electrons. The minimum atomic E-state index is -0.481. The highest BCUT2D eigenvalue weighted by atomic mass is 16.5. The maximum atomic E-state index is 9.47. The summed E-state index contributed by atoms with van der Waals surface area (Å²) < 4.78 is 5.58. The molecule has 0 unspecified atom stereocenters. The molecule has 22 heavy (non-hydrogen) atoms. The first-order chi connectivity index (χ1) is 10.6. The maximum Gasteiger partial charge on any atom is 0.240 e. The summed E-state index contributed by atoms with van der Waals surface area (Å²) in [6.07, 6.45) is 1.06. The average Bonchev–Trinajstić information content (AvgIpc) is 2.57. The number of ether oxygens (including phenoxy) is 1. The fourth-order valence-corrected chi connectivity index (χ4v) is 1.11. The van der Waals surface area contributed by atoms with Gasteiger partial charge in [0, 0.05) is 0 Å². The fraction of sp³-hybridized carbons (Fsp3) is 0.118. The molecule has 0 bridgehead atoms. The monoisotopic (exact) mass is 303 g/mol. The lowest BCUT2D eigenvalue weighted by molar-refractivity contribution is -0.113. The van der Waals surface area contributed by atoms with Gasteiger partial charge < -0.3 is 20.7 Å². The fourth-order valence-electron chi connectivity index (χ4n) is 1.11. The molecule has 4 N–H and O–H groups in total. The second kappa shape index (κ2) is 13.4. The van der Waals surface area contributed by atoms with Gasteiger partial charge in [-0.1, -0.05) is 43.0 Å². The lowest BCUT2D eigenvalue weighted by Gasteiger charge is -2.03. The smallest absolute Gasteiger partial charge is 0.240 e. The summed E-state index contributed by atoms with van der Waals surface area (Å²) in [7, 11) is 0. The van der Waals surface area contributed by atoms with Gasteiger partial charge in [-0.05, 0) is 30.3 Å². The second-order valence-electron chi connectivity index (χ2n) is 3.78. The van der Waals surface area contributed by atoms with E-state index in [1.165, 1.54) is 0 Å². The van der Waals surface area contributed by atoms with Crippen molar-refractivity contribution in [3.05, 3.63) is 73.3 Å². The molecule has 2 rings (SSSR count). The van der Waals surface area contributed by atoms with Gasteiger partial charge in [-0.15, -0.1) is 0 Å². The molecule has 0 aliphatic heterocycles. The molecule has 2 aromatic carbocycles. The van der Waals surface area contributed by atoms with Gasteiger partial charge in [0.15, 0.2) is 0 Å². The molecule has 0 radical (unpaired) electrons. The van der Waals surface area contributed by atoms with Crippen molar-refractivity contribution in [2.24, 2.45) is 5.73 Å². The summed E-state index contributed by atoms with van der Waals surface area (Å²) in [5.74, 6) is 1.26. The molecule has 0 aliphatic carbocycles. The van der Waals surface area contributed by atoms with Gasteiger partial charge in [0.1, 0.15) is 11.5 Å². The Balaban J connectivity index is 0.000000411. The zero-order valence-corrected chi connectivity index (χ0v) is 12.3. The highest BCUT2D eigenvalue weighted by Crippen LogP contribution is 2.19. The summed E-state index contributed by atoms with van der Waals surface area (Å²) in [6, 6.07) is 19.5. The van der Waals surface area contributed by atoms with E-state index in [4.69, 9.17) is 14.9 Å². The van der Waals surface area contributed by atoms with E-state index in [1.54, 1.807) is 0 Å². The minimum absolute atomic E-state index is 0.125. The van der Waals surface area contributed by atoms with Crippen molar-refractivity contribution in [3.63, 3.8) is 0 Å². The van der Waals surface area contributed by atoms with Crippen LogP contribution >= 0.6 is 0 Å². The van der Waals surface area contributed by atoms with Gasteiger partial charge in [-0.25, -0.2) is 0 Å². The quantitative estimate of drug-likeness (QED) is 0.754. The SMILES string of the molecule is C=CC(N)=O.OCCO.c1ccc(Oc2ccccc2)cc1. The Hall–Kier alpha value is -2.63. The standard InChI is InChI=1S/C12H10O.C3H5NO.C2H6O2/c1-3-7-11(8-4-1)13-12-9-5-2-6-10-12;1-2-3(4)5;3-1-2-4/h1-10H;2H,1H2,(H2,4,5);3-4H,1-2H2. The number of rotatable bonds is 4. The number of hydrogen-bond donors (Lipinski definition) is 3. The van der Waals surface area contributed by atoms with Gasteiger partial charge >= 0.3 is 0 Å². The van der Waals surface area contributed by atoms with Crippen molar-refractivity contribution in [2.75, 3.05) is 13.2 Å². The van der Waals surface area contributed by atoms with Crippen LogP contribution in [0.5, 0.6) is 11.5 Å². The maximum absolute atomic E-state index is 9.47. The van der Waals surface area contributed by atoms with Crippen LogP contribution in [0, 0.1) is 0 Å². The topological polar surface area (TPSA) is 92.8 Å². The summed E-state index contributed by atoms with van der Waals surface area (Å²) in [5.41, 5.74) is 4.53. The zero-order valence-electron chi connectivity index (χ0n) is 12.3. The first-order valence-corrected chi connectivity index (χ1v) is 6.55. The molecule has 0 aliphatic rings. The molecule has 0 aromatic heterocycles. The van der Waals surface area contributed by atoms with Gasteiger partial charge in [0.25, 0.3) is 0 Å². The van der Waals surface area contributed by atoms with E-state index in [9.17, 15) is 4.79 Å². The van der Waals surface area contributed by atoms with E-state index in [0.29, 0.717) is 0 Å². The van der Waals surface area contributed by atoms with Crippen molar-refractivity contribution in [1.29, 1.82) is 0 Å². The van der Waals surface area contributed by atoms with E-state index in [-0.39, 0.29) is 13.2 Å². The second-order valence-corrected chi connectivity index (χ2v) is 3.78.